The second-order valence-electron chi connectivity index (χ2n) is 13.0. The zero-order chi connectivity index (χ0) is 33.0. The summed E-state index contributed by atoms with van der Waals surface area (Å²) in [6.07, 6.45) is 0. The van der Waals surface area contributed by atoms with E-state index >= 15 is 0 Å². The summed E-state index contributed by atoms with van der Waals surface area (Å²) < 4.78 is 4.85. The first kappa shape index (κ1) is 28.4. The molecule has 234 valence electrons. The largest absolute Gasteiger partial charge is 0.309 e. The van der Waals surface area contributed by atoms with Gasteiger partial charge in [-0.1, -0.05) is 146 Å². The molecule has 0 atom stereocenters. The topological polar surface area (TPSA) is 9.86 Å². The summed E-state index contributed by atoms with van der Waals surface area (Å²) in [4.78, 5) is 0. The van der Waals surface area contributed by atoms with E-state index in [0.29, 0.717) is 0 Å². The minimum Gasteiger partial charge on any atom is -0.309 e. The van der Waals surface area contributed by atoms with Crippen molar-refractivity contribution in [2.45, 2.75) is 0 Å². The molecular formula is C48H32N2. The molecule has 0 spiro atoms. The number of rotatable bonds is 5. The third-order valence-electron chi connectivity index (χ3n) is 10.1. The van der Waals surface area contributed by atoms with E-state index in [-0.39, 0.29) is 0 Å². The van der Waals surface area contributed by atoms with Crippen molar-refractivity contribution >= 4 is 43.6 Å². The number of hydrogen-bond acceptors (Lipinski definition) is 0. The van der Waals surface area contributed by atoms with E-state index < -0.39 is 0 Å². The molecule has 0 fully saturated rings. The summed E-state index contributed by atoms with van der Waals surface area (Å²) in [5.74, 6) is 0. The molecule has 0 N–H and O–H groups in total. The van der Waals surface area contributed by atoms with Gasteiger partial charge in [-0.15, -0.1) is 0 Å². The minimum absolute atomic E-state index is 1.16. The molecule has 50 heavy (non-hydrogen) atoms. The third-order valence-corrected chi connectivity index (χ3v) is 10.1. The molecule has 0 aliphatic carbocycles. The molecule has 2 aromatic heterocycles. The zero-order valence-corrected chi connectivity index (χ0v) is 27.4. The van der Waals surface area contributed by atoms with E-state index in [4.69, 9.17) is 0 Å². The first-order valence-electron chi connectivity index (χ1n) is 17.2. The van der Waals surface area contributed by atoms with Crippen molar-refractivity contribution in [1.29, 1.82) is 0 Å². The van der Waals surface area contributed by atoms with Crippen molar-refractivity contribution in [2.75, 3.05) is 0 Å². The number of para-hydroxylation sites is 3. The van der Waals surface area contributed by atoms with Crippen LogP contribution in [0.25, 0.3) is 88.4 Å². The van der Waals surface area contributed by atoms with Crippen LogP contribution in [0.4, 0.5) is 0 Å². The Kier molecular flexibility index (Phi) is 6.53. The van der Waals surface area contributed by atoms with E-state index in [1.807, 2.05) is 0 Å². The first-order chi connectivity index (χ1) is 24.8. The molecule has 0 saturated heterocycles. The summed E-state index contributed by atoms with van der Waals surface area (Å²) in [5, 5.41) is 5.01. The molecule has 0 amide bonds. The lowest BCUT2D eigenvalue weighted by molar-refractivity contribution is 1.18. The molecule has 8 aromatic carbocycles. The number of hydrogen-bond donors (Lipinski definition) is 0. The molecule has 0 bridgehead atoms. The molecule has 0 aliphatic rings. The molecule has 2 heterocycles. The molecule has 0 aliphatic heterocycles. The van der Waals surface area contributed by atoms with Gasteiger partial charge < -0.3 is 9.13 Å². The van der Waals surface area contributed by atoms with Gasteiger partial charge in [-0.2, -0.15) is 0 Å². The number of aromatic nitrogens is 2. The Morgan fingerprint density at radius 1 is 0.260 bits per heavy atom. The Hall–Kier alpha value is -6.64. The van der Waals surface area contributed by atoms with Crippen LogP contribution in [0.5, 0.6) is 0 Å². The number of nitrogens with zero attached hydrogens (tertiary/aromatic N) is 2. The van der Waals surface area contributed by atoms with Crippen LogP contribution in [0.2, 0.25) is 0 Å². The van der Waals surface area contributed by atoms with Gasteiger partial charge in [0.2, 0.25) is 0 Å². The van der Waals surface area contributed by atoms with Gasteiger partial charge in [-0.3, -0.25) is 0 Å². The summed E-state index contributed by atoms with van der Waals surface area (Å²) >= 11 is 0. The summed E-state index contributed by atoms with van der Waals surface area (Å²) in [7, 11) is 0. The average molecular weight is 637 g/mol. The predicted octanol–water partition coefficient (Wildman–Crippen LogP) is 12.9. The molecule has 0 unspecified atom stereocenters. The molecule has 2 heteroatoms. The van der Waals surface area contributed by atoms with Gasteiger partial charge in [0.1, 0.15) is 0 Å². The van der Waals surface area contributed by atoms with Gasteiger partial charge in [-0.25, -0.2) is 0 Å². The lowest BCUT2D eigenvalue weighted by Crippen LogP contribution is -1.97. The van der Waals surface area contributed by atoms with Crippen molar-refractivity contribution in [1.82, 2.24) is 9.13 Å². The maximum absolute atomic E-state index is 2.43. The van der Waals surface area contributed by atoms with Crippen LogP contribution < -0.4 is 0 Å². The Bertz CT molecular complexity index is 2860. The van der Waals surface area contributed by atoms with Crippen molar-refractivity contribution in [3.05, 3.63) is 194 Å². The van der Waals surface area contributed by atoms with Crippen LogP contribution in [0.3, 0.4) is 0 Å². The summed E-state index contributed by atoms with van der Waals surface area (Å²) in [6.45, 7) is 0. The van der Waals surface area contributed by atoms with Gasteiger partial charge in [0.25, 0.3) is 0 Å². The second-order valence-corrected chi connectivity index (χ2v) is 13.0. The second kappa shape index (κ2) is 11.5. The fourth-order valence-electron chi connectivity index (χ4n) is 7.83. The molecular weight excluding hydrogens is 605 g/mol. The standard InChI is InChI=1S/C48H32N2/c1-3-14-33(15-4-1)35-18-13-19-38(30-35)49-45-24-11-8-21-40(45)42-28-26-37(32-48(42)49)36-27-29-47-43(31-36)41-22-9-12-25-46(41)50(47)44-23-10-7-20-39(44)34-16-5-2-6-17-34/h1-32H. The van der Waals surface area contributed by atoms with E-state index in [0.717, 1.165) is 5.69 Å². The van der Waals surface area contributed by atoms with Crippen LogP contribution in [0, 0.1) is 0 Å². The van der Waals surface area contributed by atoms with Crippen molar-refractivity contribution in [3.8, 4) is 44.8 Å². The lowest BCUT2D eigenvalue weighted by Gasteiger charge is -2.14. The quantitative estimate of drug-likeness (QED) is 0.178. The molecule has 0 saturated carbocycles. The van der Waals surface area contributed by atoms with Crippen LogP contribution in [0.15, 0.2) is 194 Å². The Balaban J connectivity index is 1.17. The van der Waals surface area contributed by atoms with Gasteiger partial charge in [0.15, 0.2) is 0 Å². The smallest absolute Gasteiger partial charge is 0.0547 e. The van der Waals surface area contributed by atoms with Crippen molar-refractivity contribution in [3.63, 3.8) is 0 Å². The number of fused-ring (bicyclic) bond motifs is 6. The molecule has 10 aromatic rings. The zero-order valence-electron chi connectivity index (χ0n) is 27.4. The van der Waals surface area contributed by atoms with Crippen LogP contribution in [-0.4, -0.2) is 9.13 Å². The monoisotopic (exact) mass is 636 g/mol. The average Bonchev–Trinajstić information content (AvgIpc) is 3.71. The van der Waals surface area contributed by atoms with Crippen LogP contribution >= 0.6 is 0 Å². The fourth-order valence-corrected chi connectivity index (χ4v) is 7.83. The van der Waals surface area contributed by atoms with Crippen molar-refractivity contribution < 1.29 is 0 Å². The summed E-state index contributed by atoms with van der Waals surface area (Å²) in [6, 6.07) is 70.4. The highest BCUT2D eigenvalue weighted by molar-refractivity contribution is 6.12. The third kappa shape index (κ3) is 4.50. The van der Waals surface area contributed by atoms with E-state index in [1.165, 1.54) is 82.7 Å². The lowest BCUT2D eigenvalue weighted by atomic mass is 10.0. The normalized spacial score (nSPS) is 11.6. The van der Waals surface area contributed by atoms with E-state index in [9.17, 15) is 0 Å². The first-order valence-corrected chi connectivity index (χ1v) is 17.2. The highest BCUT2D eigenvalue weighted by atomic mass is 15.0. The highest BCUT2D eigenvalue weighted by Gasteiger charge is 2.18. The Morgan fingerprint density at radius 2 is 0.800 bits per heavy atom. The van der Waals surface area contributed by atoms with Gasteiger partial charge in [0, 0.05) is 32.8 Å². The van der Waals surface area contributed by atoms with Crippen LogP contribution in [-0.2, 0) is 0 Å². The fraction of sp³-hybridized carbons (Fsp3) is 0. The molecule has 0 radical (unpaired) electrons. The Morgan fingerprint density at radius 3 is 1.60 bits per heavy atom. The molecule has 2 nitrogen and oxygen atoms in total. The van der Waals surface area contributed by atoms with Gasteiger partial charge in [0.05, 0.1) is 27.8 Å². The maximum Gasteiger partial charge on any atom is 0.0547 e. The Labute approximate surface area is 290 Å². The predicted molar refractivity (Wildman–Crippen MR) is 211 cm³/mol. The summed E-state index contributed by atoms with van der Waals surface area (Å²) in [5.41, 5.74) is 14.4. The molecule has 10 rings (SSSR count). The van der Waals surface area contributed by atoms with E-state index in [1.54, 1.807) is 0 Å². The number of benzene rings is 8. The maximum atomic E-state index is 2.43. The van der Waals surface area contributed by atoms with Crippen molar-refractivity contribution in [2.24, 2.45) is 0 Å². The minimum atomic E-state index is 1.16. The van der Waals surface area contributed by atoms with Gasteiger partial charge in [-0.05, 0) is 76.3 Å². The highest BCUT2D eigenvalue weighted by Crippen LogP contribution is 2.40. The van der Waals surface area contributed by atoms with Crippen LogP contribution in [0.1, 0.15) is 0 Å². The van der Waals surface area contributed by atoms with Gasteiger partial charge >= 0.3 is 0 Å². The SMILES string of the molecule is c1ccc(-c2cccc(-n3c4ccccc4c4ccc(-c5ccc6c(c5)c5ccccc5n6-c5ccccc5-c5ccccc5)cc43)c2)cc1. The van der Waals surface area contributed by atoms with E-state index in [2.05, 4.69) is 203 Å².